The summed E-state index contributed by atoms with van der Waals surface area (Å²) in [5.41, 5.74) is 3.22. The van der Waals surface area contributed by atoms with E-state index in [0.717, 1.165) is 16.8 Å². The van der Waals surface area contributed by atoms with Crippen molar-refractivity contribution >= 4 is 35.2 Å². The van der Waals surface area contributed by atoms with Gasteiger partial charge in [-0.3, -0.25) is 4.79 Å². The molecule has 1 saturated heterocycles. The van der Waals surface area contributed by atoms with Crippen molar-refractivity contribution in [1.29, 1.82) is 0 Å². The third-order valence-corrected chi connectivity index (χ3v) is 7.10. The first-order valence-electron chi connectivity index (χ1n) is 12.0. The minimum atomic E-state index is -0.535. The summed E-state index contributed by atoms with van der Waals surface area (Å²) in [7, 11) is 0. The third-order valence-electron chi connectivity index (χ3n) is 6.53. The highest BCUT2D eigenvalue weighted by atomic mass is 35.5. The molecule has 1 fully saturated rings. The van der Waals surface area contributed by atoms with Crippen molar-refractivity contribution in [2.24, 2.45) is 0 Å². The summed E-state index contributed by atoms with van der Waals surface area (Å²) in [5.74, 6) is -0.0956. The summed E-state index contributed by atoms with van der Waals surface area (Å²) in [5, 5.41) is 5.94. The van der Waals surface area contributed by atoms with Crippen molar-refractivity contribution in [2.45, 2.75) is 51.8 Å². The van der Waals surface area contributed by atoms with Crippen LogP contribution in [0.5, 0.6) is 0 Å². The minimum absolute atomic E-state index is 0.0252. The Bertz CT molecular complexity index is 1310. The number of hydrogen-bond acceptors (Lipinski definition) is 4. The zero-order valence-corrected chi connectivity index (χ0v) is 22.0. The lowest BCUT2D eigenvalue weighted by Crippen LogP contribution is -2.48. The highest BCUT2D eigenvalue weighted by molar-refractivity contribution is 6.32. The van der Waals surface area contributed by atoms with E-state index in [1.54, 1.807) is 9.58 Å². The van der Waals surface area contributed by atoms with Crippen LogP contribution in [0.1, 0.15) is 49.7 Å². The number of piperidine rings is 1. The van der Waals surface area contributed by atoms with Gasteiger partial charge in [0.25, 0.3) is 5.91 Å². The summed E-state index contributed by atoms with van der Waals surface area (Å²) in [4.78, 5) is 29.6. The first-order valence-corrected chi connectivity index (χ1v) is 12.8. The Hall–Kier alpha value is -3.03. The molecule has 36 heavy (non-hydrogen) atoms. The van der Waals surface area contributed by atoms with Gasteiger partial charge in [0.1, 0.15) is 5.60 Å². The fourth-order valence-corrected chi connectivity index (χ4v) is 5.18. The molecule has 0 aliphatic carbocycles. The predicted octanol–water partition coefficient (Wildman–Crippen LogP) is 6.20. The quantitative estimate of drug-likeness (QED) is 0.407. The Morgan fingerprint density at radius 2 is 1.69 bits per heavy atom. The van der Waals surface area contributed by atoms with Gasteiger partial charge in [-0.25, -0.2) is 9.48 Å². The molecule has 2 aliphatic heterocycles. The molecule has 188 valence electrons. The van der Waals surface area contributed by atoms with E-state index >= 15 is 0 Å². The number of para-hydroxylation sites is 1. The maximum Gasteiger partial charge on any atom is 0.410 e. The molecule has 2 amide bonds. The predicted molar refractivity (Wildman–Crippen MR) is 140 cm³/mol. The molecule has 0 bridgehead atoms. The first-order chi connectivity index (χ1) is 17.1. The molecule has 3 heterocycles. The van der Waals surface area contributed by atoms with E-state index < -0.39 is 5.60 Å². The van der Waals surface area contributed by atoms with Gasteiger partial charge in [-0.05, 0) is 57.9 Å². The molecule has 2 aliphatic rings. The number of fused-ring (bicyclic) bond motifs is 1. The van der Waals surface area contributed by atoms with E-state index in [0.29, 0.717) is 53.9 Å². The summed E-state index contributed by atoms with van der Waals surface area (Å²) >= 11 is 12.7. The minimum Gasteiger partial charge on any atom is -0.444 e. The highest BCUT2D eigenvalue weighted by Crippen LogP contribution is 2.38. The van der Waals surface area contributed by atoms with Gasteiger partial charge < -0.3 is 14.5 Å². The van der Waals surface area contributed by atoms with Crippen LogP contribution < -0.4 is 0 Å². The number of benzene rings is 2. The van der Waals surface area contributed by atoms with Gasteiger partial charge in [0.2, 0.25) is 0 Å². The fraction of sp³-hybridized carbons (Fsp3) is 0.370. The summed E-state index contributed by atoms with van der Waals surface area (Å²) in [6.45, 7) is 7.12. The van der Waals surface area contributed by atoms with E-state index in [4.69, 9.17) is 33.0 Å². The van der Waals surface area contributed by atoms with Gasteiger partial charge in [0.05, 0.1) is 22.9 Å². The molecule has 0 atom stereocenters. The molecule has 0 saturated carbocycles. The normalized spacial score (nSPS) is 16.4. The van der Waals surface area contributed by atoms with E-state index in [-0.39, 0.29) is 18.0 Å². The second-order valence-corrected chi connectivity index (χ2v) is 11.0. The smallest absolute Gasteiger partial charge is 0.410 e. The maximum absolute atomic E-state index is 13.6. The van der Waals surface area contributed by atoms with Crippen LogP contribution in [0, 0.1) is 0 Å². The molecular weight excluding hydrogens is 499 g/mol. The van der Waals surface area contributed by atoms with Gasteiger partial charge in [-0.1, -0.05) is 47.5 Å². The Kier molecular flexibility index (Phi) is 6.47. The third kappa shape index (κ3) is 4.70. The molecule has 0 N–H and O–H groups in total. The Balaban J connectivity index is 1.42. The van der Waals surface area contributed by atoms with Crippen LogP contribution in [-0.2, 0) is 11.3 Å². The number of nitrogens with zero attached hydrogens (tertiary/aromatic N) is 4. The average molecular weight is 527 g/mol. The molecule has 0 unspecified atom stereocenters. The Morgan fingerprint density at radius 1 is 1.03 bits per heavy atom. The molecule has 5 rings (SSSR count). The monoisotopic (exact) mass is 526 g/mol. The van der Waals surface area contributed by atoms with Crippen molar-refractivity contribution < 1.29 is 14.3 Å². The van der Waals surface area contributed by atoms with E-state index in [1.165, 1.54) is 0 Å². The zero-order chi connectivity index (χ0) is 25.6. The largest absolute Gasteiger partial charge is 0.444 e. The number of amides is 2. The van der Waals surface area contributed by atoms with Crippen molar-refractivity contribution in [3.63, 3.8) is 0 Å². The zero-order valence-electron chi connectivity index (χ0n) is 20.5. The molecule has 0 spiro atoms. The number of carbonyl (C=O) groups is 2. The van der Waals surface area contributed by atoms with Crippen LogP contribution in [0.4, 0.5) is 4.79 Å². The van der Waals surface area contributed by atoms with Gasteiger partial charge in [0, 0.05) is 35.3 Å². The SMILES string of the molecule is CC(C)(C)OC(=O)N1CCC(N2Cc3c(nn(-c4ccccc4Cl)c3-c3ccc(Cl)cc3)C2=O)CC1. The lowest BCUT2D eigenvalue weighted by atomic mass is 10.0. The molecule has 7 nitrogen and oxygen atoms in total. The number of rotatable bonds is 3. The van der Waals surface area contributed by atoms with Crippen molar-refractivity contribution in [1.82, 2.24) is 19.6 Å². The van der Waals surface area contributed by atoms with Gasteiger partial charge in [-0.2, -0.15) is 5.10 Å². The number of ether oxygens (including phenoxy) is 1. The Morgan fingerprint density at radius 3 is 2.33 bits per heavy atom. The van der Waals surface area contributed by atoms with E-state index in [2.05, 4.69) is 0 Å². The van der Waals surface area contributed by atoms with Gasteiger partial charge in [-0.15, -0.1) is 0 Å². The van der Waals surface area contributed by atoms with E-state index in [1.807, 2.05) is 74.2 Å². The Labute approximate surface area is 220 Å². The molecule has 2 aromatic carbocycles. The van der Waals surface area contributed by atoms with Crippen LogP contribution in [0.2, 0.25) is 10.0 Å². The first kappa shape index (κ1) is 24.7. The van der Waals surface area contributed by atoms with Crippen molar-refractivity contribution in [2.75, 3.05) is 13.1 Å². The second-order valence-electron chi connectivity index (χ2n) is 10.2. The number of aromatic nitrogens is 2. The van der Waals surface area contributed by atoms with Crippen LogP contribution in [0.25, 0.3) is 16.9 Å². The maximum atomic E-state index is 13.6. The molecular formula is C27H28Cl2N4O3. The van der Waals surface area contributed by atoms with Crippen molar-refractivity contribution in [3.05, 3.63) is 69.8 Å². The number of hydrogen-bond donors (Lipinski definition) is 0. The molecule has 0 radical (unpaired) electrons. The van der Waals surface area contributed by atoms with Crippen LogP contribution in [-0.4, -0.2) is 56.3 Å². The average Bonchev–Trinajstić information content (AvgIpc) is 3.35. The lowest BCUT2D eigenvalue weighted by molar-refractivity contribution is 0.0148. The summed E-state index contributed by atoms with van der Waals surface area (Å²) in [6.07, 6.45) is 1.07. The summed E-state index contributed by atoms with van der Waals surface area (Å²) < 4.78 is 7.27. The number of halogens is 2. The van der Waals surface area contributed by atoms with Crippen molar-refractivity contribution in [3.8, 4) is 16.9 Å². The van der Waals surface area contributed by atoms with Crippen LogP contribution in [0.3, 0.4) is 0 Å². The van der Waals surface area contributed by atoms with E-state index in [9.17, 15) is 9.59 Å². The van der Waals surface area contributed by atoms with Crippen LogP contribution in [0.15, 0.2) is 48.5 Å². The van der Waals surface area contributed by atoms with Gasteiger partial charge >= 0.3 is 6.09 Å². The fourth-order valence-electron chi connectivity index (χ4n) is 4.83. The van der Waals surface area contributed by atoms with Gasteiger partial charge in [0.15, 0.2) is 5.69 Å². The standard InChI is InChI=1S/C27H28Cl2N4O3/c1-27(2,3)36-26(35)31-14-12-19(13-15-31)32-16-20-23(25(32)34)30-33(22-7-5-4-6-21(22)29)24(20)17-8-10-18(28)11-9-17/h4-11,19H,12-16H2,1-3H3. The van der Waals surface area contributed by atoms with Crippen LogP contribution >= 0.6 is 23.2 Å². The topological polar surface area (TPSA) is 67.7 Å². The molecule has 3 aromatic rings. The number of carbonyl (C=O) groups excluding carboxylic acids is 2. The second kappa shape index (κ2) is 9.45. The lowest BCUT2D eigenvalue weighted by Gasteiger charge is -2.37. The number of likely N-dealkylation sites (tertiary alicyclic amines) is 1. The molecule has 9 heteroatoms. The summed E-state index contributed by atoms with van der Waals surface area (Å²) in [6, 6.07) is 15.0. The molecule has 1 aromatic heterocycles. The highest BCUT2D eigenvalue weighted by Gasteiger charge is 2.40.